The van der Waals surface area contributed by atoms with Crippen molar-refractivity contribution >= 4 is 28.8 Å². The van der Waals surface area contributed by atoms with Gasteiger partial charge in [-0.3, -0.25) is 4.79 Å². The molecule has 2 heterocycles. The maximum absolute atomic E-state index is 11.8. The van der Waals surface area contributed by atoms with Gasteiger partial charge in [-0.2, -0.15) is 0 Å². The van der Waals surface area contributed by atoms with Crippen LogP contribution in [-0.4, -0.2) is 22.3 Å². The third-order valence-electron chi connectivity index (χ3n) is 3.25. The van der Waals surface area contributed by atoms with E-state index >= 15 is 0 Å². The summed E-state index contributed by atoms with van der Waals surface area (Å²) >= 11 is 7.30. The highest BCUT2D eigenvalue weighted by atomic mass is 35.5. The van der Waals surface area contributed by atoms with Gasteiger partial charge >= 0.3 is 0 Å². The first-order chi connectivity index (χ1) is 8.10. The van der Waals surface area contributed by atoms with E-state index in [4.69, 9.17) is 11.6 Å². The lowest BCUT2D eigenvalue weighted by molar-refractivity contribution is -0.128. The highest BCUT2D eigenvalue weighted by Gasteiger charge is 2.31. The van der Waals surface area contributed by atoms with Crippen LogP contribution in [0.15, 0.2) is 5.38 Å². The summed E-state index contributed by atoms with van der Waals surface area (Å²) in [5.41, 5.74) is 0.902. The summed E-state index contributed by atoms with van der Waals surface area (Å²) in [5, 5.41) is 2.95. The molecule has 5 heteroatoms. The van der Waals surface area contributed by atoms with Gasteiger partial charge < -0.3 is 4.90 Å². The molecule has 0 aromatic carbocycles. The van der Waals surface area contributed by atoms with Crippen LogP contribution in [0, 0.1) is 11.8 Å². The number of hydrogen-bond donors (Lipinski definition) is 0. The molecule has 0 radical (unpaired) electrons. The molecule has 1 unspecified atom stereocenters. The van der Waals surface area contributed by atoms with Crippen LogP contribution in [0.1, 0.15) is 31.0 Å². The number of halogens is 1. The highest BCUT2D eigenvalue weighted by Crippen LogP contribution is 2.26. The van der Waals surface area contributed by atoms with E-state index in [1.54, 1.807) is 11.3 Å². The monoisotopic (exact) mass is 272 g/mol. The average molecular weight is 273 g/mol. The SMILES string of the molecule is CC(C)C1CC(=O)N(Cc2nc(CCl)cs2)C1. The molecule has 0 bridgehead atoms. The van der Waals surface area contributed by atoms with E-state index in [2.05, 4.69) is 18.8 Å². The number of likely N-dealkylation sites (tertiary alicyclic amines) is 1. The molecular formula is C12H17ClN2OS. The van der Waals surface area contributed by atoms with E-state index in [0.717, 1.165) is 17.2 Å². The molecule has 0 spiro atoms. The van der Waals surface area contributed by atoms with Crippen molar-refractivity contribution in [1.29, 1.82) is 0 Å². The van der Waals surface area contributed by atoms with Crippen LogP contribution < -0.4 is 0 Å². The summed E-state index contributed by atoms with van der Waals surface area (Å²) in [7, 11) is 0. The van der Waals surface area contributed by atoms with Crippen LogP contribution in [-0.2, 0) is 17.2 Å². The minimum absolute atomic E-state index is 0.256. The van der Waals surface area contributed by atoms with Crippen molar-refractivity contribution in [2.75, 3.05) is 6.54 Å². The fourth-order valence-electron chi connectivity index (χ4n) is 2.05. The van der Waals surface area contributed by atoms with E-state index < -0.39 is 0 Å². The van der Waals surface area contributed by atoms with Gasteiger partial charge in [0.2, 0.25) is 5.91 Å². The van der Waals surface area contributed by atoms with Crippen LogP contribution >= 0.6 is 22.9 Å². The molecule has 1 aliphatic heterocycles. The largest absolute Gasteiger partial charge is 0.336 e. The molecule has 17 heavy (non-hydrogen) atoms. The Morgan fingerprint density at radius 1 is 1.65 bits per heavy atom. The Kier molecular flexibility index (Phi) is 4.05. The van der Waals surface area contributed by atoms with Crippen LogP contribution in [0.2, 0.25) is 0 Å². The summed E-state index contributed by atoms with van der Waals surface area (Å²) in [6.45, 7) is 5.86. The summed E-state index contributed by atoms with van der Waals surface area (Å²) < 4.78 is 0. The number of carbonyl (C=O) groups excluding carboxylic acids is 1. The number of thiazole rings is 1. The van der Waals surface area contributed by atoms with Crippen molar-refractivity contribution in [1.82, 2.24) is 9.88 Å². The van der Waals surface area contributed by atoms with Gasteiger partial charge in [-0.25, -0.2) is 4.98 Å². The highest BCUT2D eigenvalue weighted by molar-refractivity contribution is 7.09. The normalized spacial score (nSPS) is 20.6. The number of aromatic nitrogens is 1. The zero-order chi connectivity index (χ0) is 12.4. The maximum Gasteiger partial charge on any atom is 0.223 e. The van der Waals surface area contributed by atoms with Crippen molar-refractivity contribution in [3.8, 4) is 0 Å². The first-order valence-corrected chi connectivity index (χ1v) is 7.28. The third kappa shape index (κ3) is 2.99. The molecule has 0 aliphatic carbocycles. The number of carbonyl (C=O) groups is 1. The molecule has 2 rings (SSSR count). The summed E-state index contributed by atoms with van der Waals surface area (Å²) in [6, 6.07) is 0. The minimum Gasteiger partial charge on any atom is -0.336 e. The lowest BCUT2D eigenvalue weighted by Gasteiger charge is -2.16. The lowest BCUT2D eigenvalue weighted by atomic mass is 9.95. The zero-order valence-corrected chi connectivity index (χ0v) is 11.7. The Bertz CT molecular complexity index is 405. The van der Waals surface area contributed by atoms with Crippen LogP contribution in [0.3, 0.4) is 0 Å². The summed E-state index contributed by atoms with van der Waals surface area (Å²) in [4.78, 5) is 18.2. The zero-order valence-electron chi connectivity index (χ0n) is 10.1. The van der Waals surface area contributed by atoms with Gasteiger partial charge in [0.25, 0.3) is 0 Å². The predicted octanol–water partition coefficient (Wildman–Crippen LogP) is 2.89. The van der Waals surface area contributed by atoms with Crippen molar-refractivity contribution in [3.05, 3.63) is 16.1 Å². The molecule has 3 nitrogen and oxygen atoms in total. The van der Waals surface area contributed by atoms with Crippen molar-refractivity contribution in [2.24, 2.45) is 11.8 Å². The second-order valence-electron chi connectivity index (χ2n) is 4.85. The fraction of sp³-hybridized carbons (Fsp3) is 0.667. The molecule has 0 saturated carbocycles. The van der Waals surface area contributed by atoms with Gasteiger partial charge in [-0.15, -0.1) is 22.9 Å². The van der Waals surface area contributed by atoms with E-state index in [0.29, 0.717) is 30.7 Å². The van der Waals surface area contributed by atoms with Gasteiger partial charge in [0, 0.05) is 18.3 Å². The Morgan fingerprint density at radius 2 is 2.41 bits per heavy atom. The molecule has 1 fully saturated rings. The van der Waals surface area contributed by atoms with Crippen molar-refractivity contribution in [2.45, 2.75) is 32.7 Å². The number of rotatable bonds is 4. The van der Waals surface area contributed by atoms with Crippen molar-refractivity contribution < 1.29 is 4.79 Å². The first-order valence-electron chi connectivity index (χ1n) is 5.87. The number of alkyl halides is 1. The molecular weight excluding hydrogens is 256 g/mol. The van der Waals surface area contributed by atoms with Gasteiger partial charge in [0.1, 0.15) is 5.01 Å². The van der Waals surface area contributed by atoms with Gasteiger partial charge in [0.05, 0.1) is 18.1 Å². The molecule has 1 amide bonds. The number of nitrogens with zero attached hydrogens (tertiary/aromatic N) is 2. The predicted molar refractivity (Wildman–Crippen MR) is 70.0 cm³/mol. The van der Waals surface area contributed by atoms with Crippen LogP contribution in [0.5, 0.6) is 0 Å². The number of amides is 1. The standard InChI is InChI=1S/C12H17ClN2OS/c1-8(2)9-3-12(16)15(5-9)6-11-14-10(4-13)7-17-11/h7-9H,3-6H2,1-2H3. The molecule has 0 N–H and O–H groups in total. The molecule has 1 aliphatic rings. The Labute approximate surface area is 111 Å². The first kappa shape index (κ1) is 12.8. The number of hydrogen-bond acceptors (Lipinski definition) is 3. The third-order valence-corrected chi connectivity index (χ3v) is 4.41. The van der Waals surface area contributed by atoms with Gasteiger partial charge in [-0.1, -0.05) is 13.8 Å². The Hall–Kier alpha value is -0.610. The smallest absolute Gasteiger partial charge is 0.223 e. The fourth-order valence-corrected chi connectivity index (χ4v) is 3.09. The van der Waals surface area contributed by atoms with Crippen LogP contribution in [0.25, 0.3) is 0 Å². The van der Waals surface area contributed by atoms with E-state index in [9.17, 15) is 4.79 Å². The summed E-state index contributed by atoms with van der Waals surface area (Å²) in [5.74, 6) is 1.76. The second-order valence-corrected chi connectivity index (χ2v) is 6.06. The molecule has 1 atom stereocenters. The molecule has 1 aromatic heterocycles. The van der Waals surface area contributed by atoms with E-state index in [1.807, 2.05) is 10.3 Å². The Morgan fingerprint density at radius 3 is 2.94 bits per heavy atom. The summed E-state index contributed by atoms with van der Waals surface area (Å²) in [6.07, 6.45) is 0.686. The Balaban J connectivity index is 1.97. The molecule has 1 aromatic rings. The van der Waals surface area contributed by atoms with E-state index in [1.165, 1.54) is 0 Å². The minimum atomic E-state index is 0.256. The van der Waals surface area contributed by atoms with Gasteiger partial charge in [-0.05, 0) is 11.8 Å². The average Bonchev–Trinajstić information content (AvgIpc) is 2.87. The molecule has 1 saturated heterocycles. The van der Waals surface area contributed by atoms with E-state index in [-0.39, 0.29) is 5.91 Å². The maximum atomic E-state index is 11.8. The quantitative estimate of drug-likeness (QED) is 0.790. The van der Waals surface area contributed by atoms with Gasteiger partial charge in [0.15, 0.2) is 0 Å². The molecule has 94 valence electrons. The second kappa shape index (κ2) is 5.36. The van der Waals surface area contributed by atoms with Crippen molar-refractivity contribution in [3.63, 3.8) is 0 Å². The van der Waals surface area contributed by atoms with Crippen LogP contribution in [0.4, 0.5) is 0 Å². The topological polar surface area (TPSA) is 33.2 Å². The lowest BCUT2D eigenvalue weighted by Crippen LogP contribution is -2.25.